The summed E-state index contributed by atoms with van der Waals surface area (Å²) in [5.41, 5.74) is 0.710. The van der Waals surface area contributed by atoms with Crippen molar-refractivity contribution in [2.45, 2.75) is 66.2 Å². The molecule has 0 fully saturated rings. The number of benzene rings is 1. The molecule has 3 heteroatoms. The van der Waals surface area contributed by atoms with Gasteiger partial charge in [0.25, 0.3) is 0 Å². The summed E-state index contributed by atoms with van der Waals surface area (Å²) in [5.74, 6) is 0.992. The van der Waals surface area contributed by atoms with Crippen molar-refractivity contribution in [3.05, 3.63) is 29.6 Å². The Balaban J connectivity index is 2.41. The second-order valence-corrected chi connectivity index (χ2v) is 6.74. The standard InChI is InChI=1S/C20H31FO2/c1-5-16(4)14-23-19-13-9-11-17(20(19)21)10-7-6-8-12-18(22)15(2)3/h9,11,13,15-16H,5-8,10,12,14H2,1-4H3. The van der Waals surface area contributed by atoms with Gasteiger partial charge in [-0.3, -0.25) is 4.79 Å². The van der Waals surface area contributed by atoms with Crippen LogP contribution in [0, 0.1) is 17.7 Å². The molecule has 0 aliphatic heterocycles. The van der Waals surface area contributed by atoms with E-state index in [2.05, 4.69) is 13.8 Å². The van der Waals surface area contributed by atoms with E-state index in [4.69, 9.17) is 4.74 Å². The van der Waals surface area contributed by atoms with Gasteiger partial charge in [0.05, 0.1) is 6.61 Å². The van der Waals surface area contributed by atoms with E-state index in [0.29, 0.717) is 42.5 Å². The summed E-state index contributed by atoms with van der Waals surface area (Å²) in [7, 11) is 0. The molecule has 0 radical (unpaired) electrons. The molecule has 0 heterocycles. The van der Waals surface area contributed by atoms with E-state index in [1.807, 2.05) is 26.0 Å². The van der Waals surface area contributed by atoms with Gasteiger partial charge in [-0.05, 0) is 36.8 Å². The summed E-state index contributed by atoms with van der Waals surface area (Å²) in [4.78, 5) is 11.5. The molecule has 0 aliphatic carbocycles. The highest BCUT2D eigenvalue weighted by atomic mass is 19.1. The highest BCUT2D eigenvalue weighted by Crippen LogP contribution is 2.23. The topological polar surface area (TPSA) is 26.3 Å². The fourth-order valence-electron chi connectivity index (χ4n) is 2.29. The van der Waals surface area contributed by atoms with Gasteiger partial charge >= 0.3 is 0 Å². The average molecular weight is 322 g/mol. The summed E-state index contributed by atoms with van der Waals surface area (Å²) in [6, 6.07) is 5.37. The lowest BCUT2D eigenvalue weighted by atomic mass is 10.0. The zero-order valence-corrected chi connectivity index (χ0v) is 15.0. The predicted octanol–water partition coefficient (Wildman–Crippen LogP) is 5.58. The number of aryl methyl sites for hydroxylation is 1. The molecule has 0 amide bonds. The molecule has 0 spiro atoms. The predicted molar refractivity (Wildman–Crippen MR) is 93.4 cm³/mol. The third-order valence-corrected chi connectivity index (χ3v) is 4.28. The lowest BCUT2D eigenvalue weighted by Gasteiger charge is -2.13. The number of ether oxygens (including phenoxy) is 1. The molecular weight excluding hydrogens is 291 g/mol. The molecule has 2 nitrogen and oxygen atoms in total. The van der Waals surface area contributed by atoms with E-state index in [1.54, 1.807) is 6.07 Å². The van der Waals surface area contributed by atoms with Crippen LogP contribution in [0.3, 0.4) is 0 Å². The second kappa shape index (κ2) is 10.4. The summed E-state index contributed by atoms with van der Waals surface area (Å²) in [6.45, 7) is 8.62. The van der Waals surface area contributed by atoms with Crippen molar-refractivity contribution in [3.63, 3.8) is 0 Å². The minimum atomic E-state index is -0.228. The molecule has 1 rings (SSSR count). The fraction of sp³-hybridized carbons (Fsp3) is 0.650. The lowest BCUT2D eigenvalue weighted by Crippen LogP contribution is -2.09. The molecule has 0 saturated heterocycles. The zero-order chi connectivity index (χ0) is 17.2. The Kier molecular flexibility index (Phi) is 8.90. The van der Waals surface area contributed by atoms with Crippen LogP contribution in [0.25, 0.3) is 0 Å². The molecule has 1 aromatic carbocycles. The van der Waals surface area contributed by atoms with Crippen LogP contribution in [0.2, 0.25) is 0 Å². The first kappa shape index (κ1) is 19.7. The quantitative estimate of drug-likeness (QED) is 0.497. The molecule has 0 N–H and O–H groups in total. The molecule has 0 saturated carbocycles. The molecule has 23 heavy (non-hydrogen) atoms. The number of unbranched alkanes of at least 4 members (excludes halogenated alkanes) is 2. The molecule has 0 aliphatic rings. The van der Waals surface area contributed by atoms with Crippen molar-refractivity contribution in [3.8, 4) is 5.75 Å². The highest BCUT2D eigenvalue weighted by molar-refractivity contribution is 5.80. The molecule has 1 atom stereocenters. The number of carbonyl (C=O) groups is 1. The SMILES string of the molecule is CCC(C)COc1cccc(CCCCCC(=O)C(C)C)c1F. The van der Waals surface area contributed by atoms with Gasteiger partial charge in [-0.2, -0.15) is 0 Å². The van der Waals surface area contributed by atoms with E-state index in [1.165, 1.54) is 0 Å². The fourth-order valence-corrected chi connectivity index (χ4v) is 2.29. The van der Waals surface area contributed by atoms with Gasteiger partial charge in [0.2, 0.25) is 0 Å². The third kappa shape index (κ3) is 7.15. The lowest BCUT2D eigenvalue weighted by molar-refractivity contribution is -0.122. The van der Waals surface area contributed by atoms with Gasteiger partial charge in [-0.1, -0.05) is 52.7 Å². The number of halogens is 1. The number of Topliss-reactive ketones (excluding diaryl/α,β-unsaturated/α-hetero) is 1. The van der Waals surface area contributed by atoms with Crippen LogP contribution in [0.1, 0.15) is 65.4 Å². The molecule has 1 aromatic rings. The molecule has 1 unspecified atom stereocenters. The van der Waals surface area contributed by atoms with Crippen LogP contribution in [0.4, 0.5) is 4.39 Å². The van der Waals surface area contributed by atoms with Gasteiger partial charge in [-0.25, -0.2) is 4.39 Å². The van der Waals surface area contributed by atoms with Gasteiger partial charge in [0, 0.05) is 12.3 Å². The first-order valence-electron chi connectivity index (χ1n) is 8.88. The Morgan fingerprint density at radius 3 is 2.57 bits per heavy atom. The first-order valence-corrected chi connectivity index (χ1v) is 8.88. The van der Waals surface area contributed by atoms with E-state index in [0.717, 1.165) is 25.7 Å². The van der Waals surface area contributed by atoms with Gasteiger partial charge in [0.1, 0.15) is 5.78 Å². The third-order valence-electron chi connectivity index (χ3n) is 4.28. The average Bonchev–Trinajstić information content (AvgIpc) is 2.54. The normalized spacial score (nSPS) is 12.4. The number of ketones is 1. The van der Waals surface area contributed by atoms with Crippen molar-refractivity contribution < 1.29 is 13.9 Å². The summed E-state index contributed by atoms with van der Waals surface area (Å²) < 4.78 is 20.0. The minimum absolute atomic E-state index is 0.117. The van der Waals surface area contributed by atoms with Crippen molar-refractivity contribution in [1.82, 2.24) is 0 Å². The smallest absolute Gasteiger partial charge is 0.168 e. The van der Waals surface area contributed by atoms with Crippen LogP contribution < -0.4 is 4.74 Å². The number of hydrogen-bond donors (Lipinski definition) is 0. The van der Waals surface area contributed by atoms with Crippen LogP contribution in [0.15, 0.2) is 18.2 Å². The molecular formula is C20H31FO2. The van der Waals surface area contributed by atoms with Gasteiger partial charge in [0.15, 0.2) is 11.6 Å². The molecule has 130 valence electrons. The molecule has 0 bridgehead atoms. The van der Waals surface area contributed by atoms with Crippen LogP contribution >= 0.6 is 0 Å². The monoisotopic (exact) mass is 322 g/mol. The Hall–Kier alpha value is -1.38. The van der Waals surface area contributed by atoms with Crippen molar-refractivity contribution in [2.24, 2.45) is 11.8 Å². The maximum atomic E-state index is 14.4. The zero-order valence-electron chi connectivity index (χ0n) is 15.0. The van der Waals surface area contributed by atoms with E-state index in [9.17, 15) is 9.18 Å². The van der Waals surface area contributed by atoms with E-state index >= 15 is 0 Å². The van der Waals surface area contributed by atoms with Crippen LogP contribution in [-0.4, -0.2) is 12.4 Å². The highest BCUT2D eigenvalue weighted by Gasteiger charge is 2.11. The number of carbonyl (C=O) groups excluding carboxylic acids is 1. The number of hydrogen-bond acceptors (Lipinski definition) is 2. The summed E-state index contributed by atoms with van der Waals surface area (Å²) in [5, 5.41) is 0. The Labute approximate surface area is 140 Å². The Morgan fingerprint density at radius 1 is 1.17 bits per heavy atom. The largest absolute Gasteiger partial charge is 0.490 e. The first-order chi connectivity index (χ1) is 11.0. The van der Waals surface area contributed by atoms with Gasteiger partial charge < -0.3 is 4.74 Å². The summed E-state index contributed by atoms with van der Waals surface area (Å²) in [6.07, 6.45) is 5.10. The maximum absolute atomic E-state index is 14.4. The van der Waals surface area contributed by atoms with Crippen molar-refractivity contribution >= 4 is 5.78 Å². The van der Waals surface area contributed by atoms with Gasteiger partial charge in [-0.15, -0.1) is 0 Å². The second-order valence-electron chi connectivity index (χ2n) is 6.74. The van der Waals surface area contributed by atoms with E-state index < -0.39 is 0 Å². The Bertz CT molecular complexity index is 483. The van der Waals surface area contributed by atoms with Crippen molar-refractivity contribution in [2.75, 3.05) is 6.61 Å². The summed E-state index contributed by atoms with van der Waals surface area (Å²) >= 11 is 0. The number of rotatable bonds is 11. The van der Waals surface area contributed by atoms with Crippen LogP contribution in [-0.2, 0) is 11.2 Å². The minimum Gasteiger partial charge on any atom is -0.490 e. The molecule has 0 aromatic heterocycles. The maximum Gasteiger partial charge on any atom is 0.168 e. The van der Waals surface area contributed by atoms with E-state index in [-0.39, 0.29) is 11.7 Å². The van der Waals surface area contributed by atoms with Crippen LogP contribution in [0.5, 0.6) is 5.75 Å². The van der Waals surface area contributed by atoms with Crippen molar-refractivity contribution in [1.29, 1.82) is 0 Å². The Morgan fingerprint density at radius 2 is 1.91 bits per heavy atom.